The summed E-state index contributed by atoms with van der Waals surface area (Å²) in [6, 6.07) is 3.86. The molecule has 0 radical (unpaired) electrons. The van der Waals surface area contributed by atoms with Crippen LogP contribution in [0.15, 0.2) is 34.5 Å². The second kappa shape index (κ2) is 5.18. The molecule has 0 aliphatic heterocycles. The van der Waals surface area contributed by atoms with Gasteiger partial charge in [0.05, 0.1) is 19.3 Å². The maximum atomic E-state index is 5.31. The number of imidazole rings is 1. The van der Waals surface area contributed by atoms with E-state index in [0.29, 0.717) is 12.4 Å². The summed E-state index contributed by atoms with van der Waals surface area (Å²) in [6.45, 7) is 0.616. The molecule has 0 aliphatic carbocycles. The van der Waals surface area contributed by atoms with E-state index in [0.717, 1.165) is 20.9 Å². The first-order valence-electron chi connectivity index (χ1n) is 5.62. The molecule has 3 aromatic rings. The minimum Gasteiger partial charge on any atom is -0.480 e. The van der Waals surface area contributed by atoms with Crippen molar-refractivity contribution in [1.29, 1.82) is 0 Å². The first-order chi connectivity index (χ1) is 9.29. The average molecular weight is 339 g/mol. The first-order valence-corrected chi connectivity index (χ1v) is 7.29. The van der Waals surface area contributed by atoms with Gasteiger partial charge in [-0.2, -0.15) is 4.98 Å². The van der Waals surface area contributed by atoms with Crippen LogP contribution in [0, 0.1) is 0 Å². The van der Waals surface area contributed by atoms with Crippen molar-refractivity contribution in [1.82, 2.24) is 14.4 Å². The second-order valence-corrected chi connectivity index (χ2v) is 5.44. The molecule has 0 aromatic carbocycles. The first kappa shape index (κ1) is 12.4. The van der Waals surface area contributed by atoms with E-state index in [1.807, 2.05) is 28.1 Å². The normalized spacial score (nSPS) is 10.8. The van der Waals surface area contributed by atoms with Crippen molar-refractivity contribution in [2.45, 2.75) is 6.54 Å². The number of hydrogen-bond donors (Lipinski definition) is 1. The van der Waals surface area contributed by atoms with Crippen molar-refractivity contribution in [2.24, 2.45) is 0 Å². The van der Waals surface area contributed by atoms with Gasteiger partial charge in [0.25, 0.3) is 0 Å². The smallest absolute Gasteiger partial charge is 0.238 e. The van der Waals surface area contributed by atoms with Crippen LogP contribution in [-0.4, -0.2) is 21.5 Å². The maximum Gasteiger partial charge on any atom is 0.238 e. The maximum absolute atomic E-state index is 5.31. The lowest BCUT2D eigenvalue weighted by atomic mass is 10.4. The van der Waals surface area contributed by atoms with Crippen LogP contribution in [0.4, 0.5) is 5.69 Å². The number of methoxy groups -OCH3 is 1. The molecule has 0 saturated carbocycles. The number of halogens is 1. The van der Waals surface area contributed by atoms with E-state index < -0.39 is 0 Å². The van der Waals surface area contributed by atoms with Gasteiger partial charge in [-0.3, -0.25) is 4.40 Å². The summed E-state index contributed by atoms with van der Waals surface area (Å²) in [4.78, 5) is 9.52. The SMILES string of the molecule is COc1nc2sccn2c1CNc1cccnc1Br. The summed E-state index contributed by atoms with van der Waals surface area (Å²) >= 11 is 5.00. The third-order valence-corrected chi connectivity index (χ3v) is 4.11. The molecule has 0 fully saturated rings. The van der Waals surface area contributed by atoms with E-state index >= 15 is 0 Å². The minimum atomic E-state index is 0.616. The van der Waals surface area contributed by atoms with Gasteiger partial charge in [-0.25, -0.2) is 4.98 Å². The highest BCUT2D eigenvalue weighted by atomic mass is 79.9. The molecule has 3 aromatic heterocycles. The number of thiazole rings is 1. The summed E-state index contributed by atoms with van der Waals surface area (Å²) in [6.07, 6.45) is 3.73. The second-order valence-electron chi connectivity index (χ2n) is 3.82. The fraction of sp³-hybridized carbons (Fsp3) is 0.167. The molecule has 0 aliphatic rings. The van der Waals surface area contributed by atoms with Crippen LogP contribution < -0.4 is 10.1 Å². The van der Waals surface area contributed by atoms with E-state index in [9.17, 15) is 0 Å². The Morgan fingerprint density at radius 1 is 1.53 bits per heavy atom. The van der Waals surface area contributed by atoms with Gasteiger partial charge >= 0.3 is 0 Å². The van der Waals surface area contributed by atoms with Crippen LogP contribution in [0.3, 0.4) is 0 Å². The van der Waals surface area contributed by atoms with Gasteiger partial charge in [-0.15, -0.1) is 11.3 Å². The van der Waals surface area contributed by atoms with Crippen LogP contribution in [0.1, 0.15) is 5.69 Å². The van der Waals surface area contributed by atoms with E-state index in [1.54, 1.807) is 24.6 Å². The molecule has 0 spiro atoms. The minimum absolute atomic E-state index is 0.616. The van der Waals surface area contributed by atoms with Crippen LogP contribution in [0.2, 0.25) is 0 Å². The van der Waals surface area contributed by atoms with Gasteiger partial charge in [0.2, 0.25) is 5.88 Å². The molecule has 7 heteroatoms. The Hall–Kier alpha value is -1.60. The molecule has 0 unspecified atom stereocenters. The molecule has 0 saturated heterocycles. The van der Waals surface area contributed by atoms with E-state index in [1.165, 1.54) is 0 Å². The Bertz CT molecular complexity index is 709. The zero-order valence-electron chi connectivity index (χ0n) is 10.1. The quantitative estimate of drug-likeness (QED) is 0.742. The molecular formula is C12H11BrN4OS. The molecule has 5 nitrogen and oxygen atoms in total. The standard InChI is InChI=1S/C12H11BrN4OS/c1-18-11-9(17-5-6-19-12(17)16-11)7-15-8-3-2-4-14-10(8)13/h2-6,15H,7H2,1H3. The fourth-order valence-electron chi connectivity index (χ4n) is 1.83. The molecule has 19 heavy (non-hydrogen) atoms. The molecule has 98 valence electrons. The van der Waals surface area contributed by atoms with Crippen molar-refractivity contribution in [3.8, 4) is 5.88 Å². The Balaban J connectivity index is 1.89. The van der Waals surface area contributed by atoms with Gasteiger partial charge in [-0.05, 0) is 28.1 Å². The highest BCUT2D eigenvalue weighted by Crippen LogP contribution is 2.25. The molecule has 0 bridgehead atoms. The highest BCUT2D eigenvalue weighted by molar-refractivity contribution is 9.10. The number of nitrogens with zero attached hydrogens (tertiary/aromatic N) is 3. The number of aromatic nitrogens is 3. The number of anilines is 1. The number of nitrogens with one attached hydrogen (secondary N) is 1. The lowest BCUT2D eigenvalue weighted by Crippen LogP contribution is -2.04. The number of ether oxygens (including phenoxy) is 1. The van der Waals surface area contributed by atoms with Crippen LogP contribution in [0.25, 0.3) is 4.96 Å². The highest BCUT2D eigenvalue weighted by Gasteiger charge is 2.13. The summed E-state index contributed by atoms with van der Waals surface area (Å²) in [7, 11) is 1.63. The molecule has 0 amide bonds. The molecule has 0 atom stereocenters. The van der Waals surface area contributed by atoms with Gasteiger partial charge in [0, 0.05) is 17.8 Å². The van der Waals surface area contributed by atoms with Gasteiger partial charge in [-0.1, -0.05) is 0 Å². The summed E-state index contributed by atoms with van der Waals surface area (Å²) in [5.74, 6) is 0.652. The predicted octanol–water partition coefficient (Wildman–Crippen LogP) is 3.17. The zero-order chi connectivity index (χ0) is 13.2. The Labute approximate surface area is 122 Å². The number of hydrogen-bond acceptors (Lipinski definition) is 5. The zero-order valence-corrected chi connectivity index (χ0v) is 12.5. The Morgan fingerprint density at radius 2 is 2.42 bits per heavy atom. The molecule has 1 N–H and O–H groups in total. The summed E-state index contributed by atoms with van der Waals surface area (Å²) in [5, 5.41) is 5.33. The average Bonchev–Trinajstić information content (AvgIpc) is 2.98. The largest absolute Gasteiger partial charge is 0.480 e. The lowest BCUT2D eigenvalue weighted by molar-refractivity contribution is 0.395. The van der Waals surface area contributed by atoms with E-state index in [4.69, 9.17) is 4.74 Å². The van der Waals surface area contributed by atoms with Crippen molar-refractivity contribution < 1.29 is 4.74 Å². The van der Waals surface area contributed by atoms with Crippen molar-refractivity contribution in [3.63, 3.8) is 0 Å². The third kappa shape index (κ3) is 2.31. The topological polar surface area (TPSA) is 51.5 Å². The number of pyridine rings is 1. The van der Waals surface area contributed by atoms with E-state index in [-0.39, 0.29) is 0 Å². The molecule has 3 heterocycles. The van der Waals surface area contributed by atoms with Gasteiger partial charge < -0.3 is 10.1 Å². The monoisotopic (exact) mass is 338 g/mol. The predicted molar refractivity (Wildman–Crippen MR) is 78.9 cm³/mol. The van der Waals surface area contributed by atoms with E-state index in [2.05, 4.69) is 31.2 Å². The van der Waals surface area contributed by atoms with Gasteiger partial charge in [0.1, 0.15) is 10.3 Å². The van der Waals surface area contributed by atoms with Crippen molar-refractivity contribution in [3.05, 3.63) is 40.2 Å². The fourth-order valence-corrected chi connectivity index (χ4v) is 2.95. The Morgan fingerprint density at radius 3 is 3.21 bits per heavy atom. The van der Waals surface area contributed by atoms with Crippen molar-refractivity contribution in [2.75, 3.05) is 12.4 Å². The van der Waals surface area contributed by atoms with Crippen LogP contribution >= 0.6 is 27.3 Å². The third-order valence-electron chi connectivity index (χ3n) is 2.72. The van der Waals surface area contributed by atoms with Crippen LogP contribution in [-0.2, 0) is 6.54 Å². The number of rotatable bonds is 4. The summed E-state index contributed by atoms with van der Waals surface area (Å²) in [5.41, 5.74) is 1.93. The van der Waals surface area contributed by atoms with Gasteiger partial charge in [0.15, 0.2) is 4.96 Å². The lowest BCUT2D eigenvalue weighted by Gasteiger charge is -2.08. The Kier molecular flexibility index (Phi) is 3.39. The van der Waals surface area contributed by atoms with Crippen molar-refractivity contribution >= 4 is 37.9 Å². The number of fused-ring (bicyclic) bond motifs is 1. The molecule has 3 rings (SSSR count). The molecular weight excluding hydrogens is 328 g/mol. The van der Waals surface area contributed by atoms with Crippen LogP contribution in [0.5, 0.6) is 5.88 Å². The summed E-state index contributed by atoms with van der Waals surface area (Å²) < 4.78 is 8.13.